The lowest BCUT2D eigenvalue weighted by molar-refractivity contribution is 0.885. The van der Waals surface area contributed by atoms with Crippen molar-refractivity contribution in [3.63, 3.8) is 0 Å². The number of hydrogen-bond donors (Lipinski definition) is 0. The normalized spacial score (nSPS) is 11.2. The molecule has 0 radical (unpaired) electrons. The Morgan fingerprint density at radius 1 is 0.812 bits per heavy atom. The van der Waals surface area contributed by atoms with Crippen LogP contribution in [0.3, 0.4) is 0 Å². The molecule has 0 spiro atoms. The Bertz CT molecular complexity index is 1350. The highest BCUT2D eigenvalue weighted by molar-refractivity contribution is 7.98. The maximum Gasteiger partial charge on any atom is 0.196 e. The number of hydrogen-bond acceptors (Lipinski definition) is 3. The van der Waals surface area contributed by atoms with E-state index >= 15 is 0 Å². The molecule has 0 aliphatic rings. The molecule has 1 heterocycles. The van der Waals surface area contributed by atoms with Crippen LogP contribution >= 0.6 is 23.4 Å². The van der Waals surface area contributed by atoms with Crippen molar-refractivity contribution in [2.24, 2.45) is 0 Å². The van der Waals surface area contributed by atoms with E-state index in [1.165, 1.54) is 21.9 Å². The molecule has 0 saturated carbocycles. The molecule has 5 aromatic rings. The van der Waals surface area contributed by atoms with Gasteiger partial charge in [0.25, 0.3) is 0 Å². The monoisotopic (exact) mass is 455 g/mol. The number of fused-ring (bicyclic) bond motifs is 1. The average Bonchev–Trinajstić information content (AvgIpc) is 3.27. The molecule has 158 valence electrons. The lowest BCUT2D eigenvalue weighted by Crippen LogP contribution is -2.00. The van der Waals surface area contributed by atoms with Gasteiger partial charge in [0.2, 0.25) is 0 Å². The van der Waals surface area contributed by atoms with Crippen LogP contribution in [0.15, 0.2) is 96.2 Å². The summed E-state index contributed by atoms with van der Waals surface area (Å²) in [7, 11) is 0. The number of benzene rings is 4. The van der Waals surface area contributed by atoms with Crippen LogP contribution in [0.4, 0.5) is 0 Å². The Morgan fingerprint density at radius 3 is 2.34 bits per heavy atom. The third-order valence-electron chi connectivity index (χ3n) is 5.58. The van der Waals surface area contributed by atoms with E-state index < -0.39 is 0 Å². The largest absolute Gasteiger partial charge is 0.270 e. The fourth-order valence-corrected chi connectivity index (χ4v) is 4.91. The van der Waals surface area contributed by atoms with Crippen molar-refractivity contribution in [3.8, 4) is 17.1 Å². The molecule has 0 bridgehead atoms. The molecule has 5 heteroatoms. The van der Waals surface area contributed by atoms with Gasteiger partial charge in [-0.2, -0.15) is 0 Å². The van der Waals surface area contributed by atoms with Crippen molar-refractivity contribution < 1.29 is 0 Å². The molecule has 1 aromatic heterocycles. The summed E-state index contributed by atoms with van der Waals surface area (Å²) >= 11 is 7.81. The van der Waals surface area contributed by atoms with Gasteiger partial charge in [-0.3, -0.25) is 4.57 Å². The Hall–Kier alpha value is -3.08. The molecule has 0 saturated heterocycles. The quantitative estimate of drug-likeness (QED) is 0.247. The number of thioether (sulfide) groups is 1. The van der Waals surface area contributed by atoms with Gasteiger partial charge >= 0.3 is 0 Å². The molecule has 3 nitrogen and oxygen atoms in total. The molecule has 0 N–H and O–H groups in total. The first-order chi connectivity index (χ1) is 15.7. The summed E-state index contributed by atoms with van der Waals surface area (Å²) in [5.74, 6) is 1.62. The van der Waals surface area contributed by atoms with Crippen molar-refractivity contribution in [2.45, 2.75) is 24.3 Å². The van der Waals surface area contributed by atoms with Gasteiger partial charge in [-0.25, -0.2) is 0 Å². The zero-order valence-electron chi connectivity index (χ0n) is 17.7. The average molecular weight is 456 g/mol. The Balaban J connectivity index is 1.54. The number of aryl methyl sites for hydroxylation is 1. The molecule has 0 fully saturated rings. The summed E-state index contributed by atoms with van der Waals surface area (Å²) in [6.45, 7) is 2.17. The second-order valence-electron chi connectivity index (χ2n) is 7.60. The standard InChI is InChI=1S/C27H22ClN3S/c1-2-19-10-16-24(17-11-19)31-26(21-12-14-23(28)15-13-21)29-30-27(31)32-18-22-8-5-7-20-6-3-4-9-25(20)22/h3-17H,2,18H2,1H3. The zero-order valence-corrected chi connectivity index (χ0v) is 19.3. The molecule has 5 rings (SSSR count). The van der Waals surface area contributed by atoms with Crippen LogP contribution in [0, 0.1) is 0 Å². The van der Waals surface area contributed by atoms with Gasteiger partial charge in [0.1, 0.15) is 0 Å². The summed E-state index contributed by atoms with van der Waals surface area (Å²) in [6.07, 6.45) is 1.01. The Kier molecular flexibility index (Phi) is 5.97. The lowest BCUT2D eigenvalue weighted by atomic mass is 10.1. The SMILES string of the molecule is CCc1ccc(-n2c(SCc3cccc4ccccc34)nnc2-c2ccc(Cl)cc2)cc1. The topological polar surface area (TPSA) is 30.7 Å². The van der Waals surface area contributed by atoms with Crippen molar-refractivity contribution in [3.05, 3.63) is 107 Å². The summed E-state index contributed by atoms with van der Waals surface area (Å²) in [6, 6.07) is 31.3. The van der Waals surface area contributed by atoms with E-state index in [1.807, 2.05) is 24.3 Å². The summed E-state index contributed by atoms with van der Waals surface area (Å²) in [5, 5.41) is 13.2. The molecule has 32 heavy (non-hydrogen) atoms. The highest BCUT2D eigenvalue weighted by Crippen LogP contribution is 2.32. The third-order valence-corrected chi connectivity index (χ3v) is 6.81. The van der Waals surface area contributed by atoms with Crippen LogP contribution in [-0.4, -0.2) is 14.8 Å². The minimum Gasteiger partial charge on any atom is -0.270 e. The van der Waals surface area contributed by atoms with Crippen molar-refractivity contribution in [2.75, 3.05) is 0 Å². The number of aromatic nitrogens is 3. The maximum atomic E-state index is 6.11. The van der Waals surface area contributed by atoms with Crippen molar-refractivity contribution in [1.29, 1.82) is 0 Å². The van der Waals surface area contributed by atoms with Gasteiger partial charge in [0, 0.05) is 22.0 Å². The number of nitrogens with zero attached hydrogens (tertiary/aromatic N) is 3. The van der Waals surface area contributed by atoms with E-state index in [0.29, 0.717) is 5.02 Å². The summed E-state index contributed by atoms with van der Waals surface area (Å²) in [5.41, 5.74) is 4.63. The van der Waals surface area contributed by atoms with E-state index in [2.05, 4.69) is 88.4 Å². The molecular weight excluding hydrogens is 434 g/mol. The van der Waals surface area contributed by atoms with Crippen LogP contribution in [0.5, 0.6) is 0 Å². The minimum absolute atomic E-state index is 0.706. The van der Waals surface area contributed by atoms with E-state index in [1.54, 1.807) is 11.8 Å². The highest BCUT2D eigenvalue weighted by atomic mass is 35.5. The van der Waals surface area contributed by atoms with Gasteiger partial charge < -0.3 is 0 Å². The fourth-order valence-electron chi connectivity index (χ4n) is 3.82. The molecular formula is C27H22ClN3S. The first-order valence-corrected chi connectivity index (χ1v) is 12.0. The predicted octanol–water partition coefficient (Wildman–Crippen LogP) is 7.60. The van der Waals surface area contributed by atoms with Crippen molar-refractivity contribution >= 4 is 34.1 Å². The van der Waals surface area contributed by atoms with E-state index in [9.17, 15) is 0 Å². The smallest absolute Gasteiger partial charge is 0.196 e. The Labute approximate surface area is 197 Å². The van der Waals surface area contributed by atoms with Crippen LogP contribution in [0.25, 0.3) is 27.8 Å². The predicted molar refractivity (Wildman–Crippen MR) is 135 cm³/mol. The summed E-state index contributed by atoms with van der Waals surface area (Å²) < 4.78 is 2.14. The van der Waals surface area contributed by atoms with Gasteiger partial charge in [0.15, 0.2) is 11.0 Å². The third kappa shape index (κ3) is 4.16. The molecule has 0 aliphatic carbocycles. The first-order valence-electron chi connectivity index (χ1n) is 10.6. The second-order valence-corrected chi connectivity index (χ2v) is 8.97. The van der Waals surface area contributed by atoms with Crippen LogP contribution in [0.1, 0.15) is 18.1 Å². The van der Waals surface area contributed by atoms with Gasteiger partial charge in [-0.1, -0.05) is 84.9 Å². The van der Waals surface area contributed by atoms with Crippen LogP contribution < -0.4 is 0 Å². The van der Waals surface area contributed by atoms with E-state index in [4.69, 9.17) is 11.6 Å². The number of halogens is 1. The molecule has 0 atom stereocenters. The Morgan fingerprint density at radius 2 is 1.56 bits per heavy atom. The molecule has 4 aromatic carbocycles. The molecule has 0 unspecified atom stereocenters. The second kappa shape index (κ2) is 9.19. The van der Waals surface area contributed by atoms with E-state index in [0.717, 1.165) is 34.4 Å². The van der Waals surface area contributed by atoms with Crippen molar-refractivity contribution in [1.82, 2.24) is 14.8 Å². The van der Waals surface area contributed by atoms with Gasteiger partial charge in [-0.05, 0) is 64.7 Å². The van der Waals surface area contributed by atoms with Gasteiger partial charge in [-0.15, -0.1) is 10.2 Å². The van der Waals surface area contributed by atoms with E-state index in [-0.39, 0.29) is 0 Å². The first kappa shape index (κ1) is 20.8. The lowest BCUT2D eigenvalue weighted by Gasteiger charge is -2.12. The molecule has 0 amide bonds. The van der Waals surface area contributed by atoms with Gasteiger partial charge in [0.05, 0.1) is 0 Å². The number of rotatable bonds is 6. The van der Waals surface area contributed by atoms with Crippen LogP contribution in [0.2, 0.25) is 5.02 Å². The maximum absolute atomic E-state index is 6.11. The minimum atomic E-state index is 0.706. The zero-order chi connectivity index (χ0) is 21.9. The fraction of sp³-hybridized carbons (Fsp3) is 0.111. The summed E-state index contributed by atoms with van der Waals surface area (Å²) in [4.78, 5) is 0. The molecule has 0 aliphatic heterocycles. The highest BCUT2D eigenvalue weighted by Gasteiger charge is 2.17. The van der Waals surface area contributed by atoms with Crippen LogP contribution in [-0.2, 0) is 12.2 Å².